The van der Waals surface area contributed by atoms with Crippen molar-refractivity contribution < 1.29 is 19.7 Å². The van der Waals surface area contributed by atoms with E-state index < -0.39 is 17.5 Å². The number of hydrogen-bond acceptors (Lipinski definition) is 3. The molecule has 0 aromatic heterocycles. The first-order valence-electron chi connectivity index (χ1n) is 3.89. The molecule has 1 saturated heterocycles. The van der Waals surface area contributed by atoms with Crippen LogP contribution in [0.3, 0.4) is 0 Å². The van der Waals surface area contributed by atoms with Crippen molar-refractivity contribution in [3.8, 4) is 0 Å². The summed E-state index contributed by atoms with van der Waals surface area (Å²) in [6.45, 7) is -0.253. The quantitative estimate of drug-likeness (QED) is 0.562. The molecule has 0 aromatic rings. The number of carbonyl (C=O) groups is 1. The summed E-state index contributed by atoms with van der Waals surface area (Å²) in [7, 11) is 0. The Morgan fingerprint density at radius 2 is 2.50 bits per heavy atom. The van der Waals surface area contributed by atoms with Crippen LogP contribution in [-0.4, -0.2) is 34.5 Å². The van der Waals surface area contributed by atoms with Crippen LogP contribution in [0.2, 0.25) is 0 Å². The van der Waals surface area contributed by atoms with Gasteiger partial charge in [-0.2, -0.15) is 0 Å². The summed E-state index contributed by atoms with van der Waals surface area (Å²) >= 11 is 0. The van der Waals surface area contributed by atoms with Gasteiger partial charge in [-0.1, -0.05) is 12.2 Å². The van der Waals surface area contributed by atoms with E-state index in [1.807, 2.05) is 6.08 Å². The monoisotopic (exact) mass is 170 g/mol. The van der Waals surface area contributed by atoms with E-state index in [1.54, 1.807) is 6.08 Å². The van der Waals surface area contributed by atoms with E-state index >= 15 is 0 Å². The molecule has 4 heteroatoms. The first-order valence-corrected chi connectivity index (χ1v) is 3.89. The van der Waals surface area contributed by atoms with Crippen LogP contribution in [0.1, 0.15) is 6.42 Å². The highest BCUT2D eigenvalue weighted by Gasteiger charge is 2.53. The highest BCUT2D eigenvalue weighted by atomic mass is 16.5. The maximum Gasteiger partial charge on any atom is 0.309 e. The van der Waals surface area contributed by atoms with Gasteiger partial charge < -0.3 is 14.9 Å². The zero-order valence-electron chi connectivity index (χ0n) is 6.43. The zero-order valence-corrected chi connectivity index (χ0v) is 6.43. The Morgan fingerprint density at radius 1 is 1.75 bits per heavy atom. The number of aliphatic hydroxyl groups is 1. The Balaban J connectivity index is 2.29. The number of ether oxygens (including phenoxy) is 1. The Labute approximate surface area is 69.5 Å². The summed E-state index contributed by atoms with van der Waals surface area (Å²) in [6, 6.07) is 0. The summed E-state index contributed by atoms with van der Waals surface area (Å²) in [5.41, 5.74) is -0.934. The van der Waals surface area contributed by atoms with Crippen molar-refractivity contribution >= 4 is 5.97 Å². The topological polar surface area (TPSA) is 66.8 Å². The summed E-state index contributed by atoms with van der Waals surface area (Å²) in [6.07, 6.45) is 3.85. The van der Waals surface area contributed by atoms with E-state index in [0.29, 0.717) is 6.42 Å². The van der Waals surface area contributed by atoms with Gasteiger partial charge in [0.15, 0.2) is 0 Å². The van der Waals surface area contributed by atoms with Crippen LogP contribution >= 0.6 is 0 Å². The number of carboxylic acid groups (broad SMARTS) is 1. The van der Waals surface area contributed by atoms with Crippen LogP contribution in [0.5, 0.6) is 0 Å². The van der Waals surface area contributed by atoms with Crippen LogP contribution in [0.4, 0.5) is 0 Å². The van der Waals surface area contributed by atoms with Crippen molar-refractivity contribution in [2.24, 2.45) is 5.92 Å². The first kappa shape index (κ1) is 7.76. The van der Waals surface area contributed by atoms with Gasteiger partial charge >= 0.3 is 5.97 Å². The molecule has 12 heavy (non-hydrogen) atoms. The summed E-state index contributed by atoms with van der Waals surface area (Å²) < 4.78 is 5.34. The Kier molecular flexibility index (Phi) is 1.49. The van der Waals surface area contributed by atoms with Crippen LogP contribution in [0.25, 0.3) is 0 Å². The number of carboxylic acids is 1. The molecule has 4 nitrogen and oxygen atoms in total. The fourth-order valence-corrected chi connectivity index (χ4v) is 1.90. The molecule has 0 saturated carbocycles. The Bertz CT molecular complexity index is 247. The molecule has 0 aromatic carbocycles. The van der Waals surface area contributed by atoms with E-state index in [0.717, 1.165) is 0 Å². The minimum absolute atomic E-state index is 0.113. The number of aliphatic carboxylic acids is 1. The van der Waals surface area contributed by atoms with Crippen molar-refractivity contribution in [2.75, 3.05) is 6.61 Å². The van der Waals surface area contributed by atoms with Crippen LogP contribution in [0, 0.1) is 5.92 Å². The smallest absolute Gasteiger partial charge is 0.309 e. The van der Waals surface area contributed by atoms with Gasteiger partial charge in [0.25, 0.3) is 0 Å². The van der Waals surface area contributed by atoms with Gasteiger partial charge in [-0.15, -0.1) is 0 Å². The molecular formula is C8H10O4. The summed E-state index contributed by atoms with van der Waals surface area (Å²) in [4.78, 5) is 10.7. The summed E-state index contributed by atoms with van der Waals surface area (Å²) in [5.74, 6) is -1.48. The molecule has 2 bridgehead atoms. The third-order valence-electron chi connectivity index (χ3n) is 2.57. The van der Waals surface area contributed by atoms with E-state index in [1.165, 1.54) is 0 Å². The second kappa shape index (κ2) is 2.31. The van der Waals surface area contributed by atoms with Gasteiger partial charge in [-0.05, 0) is 6.42 Å². The molecular weight excluding hydrogens is 160 g/mol. The molecule has 2 N–H and O–H groups in total. The molecule has 66 valence electrons. The number of rotatable bonds is 2. The van der Waals surface area contributed by atoms with Crippen LogP contribution in [-0.2, 0) is 9.53 Å². The molecule has 0 aliphatic carbocycles. The minimum Gasteiger partial charge on any atom is -0.481 e. The van der Waals surface area contributed by atoms with E-state index in [9.17, 15) is 4.79 Å². The highest BCUT2D eigenvalue weighted by molar-refractivity contribution is 5.73. The lowest BCUT2D eigenvalue weighted by Gasteiger charge is -2.24. The number of hydrogen-bond donors (Lipinski definition) is 2. The van der Waals surface area contributed by atoms with Crippen molar-refractivity contribution in [3.05, 3.63) is 12.2 Å². The molecule has 1 fully saturated rings. The van der Waals surface area contributed by atoms with Gasteiger partial charge in [0, 0.05) is 0 Å². The fourth-order valence-electron chi connectivity index (χ4n) is 1.90. The summed E-state index contributed by atoms with van der Waals surface area (Å²) in [5, 5.41) is 17.8. The van der Waals surface area contributed by atoms with Crippen molar-refractivity contribution in [2.45, 2.75) is 18.1 Å². The molecule has 2 aliphatic heterocycles. The normalized spacial score (nSPS) is 43.8. The maximum atomic E-state index is 10.7. The predicted molar refractivity (Wildman–Crippen MR) is 39.6 cm³/mol. The van der Waals surface area contributed by atoms with Gasteiger partial charge in [-0.3, -0.25) is 4.79 Å². The van der Waals surface area contributed by atoms with E-state index in [4.69, 9.17) is 14.9 Å². The van der Waals surface area contributed by atoms with Crippen molar-refractivity contribution in [1.29, 1.82) is 0 Å². The van der Waals surface area contributed by atoms with Crippen LogP contribution < -0.4 is 0 Å². The second-order valence-corrected chi connectivity index (χ2v) is 3.26. The average Bonchev–Trinajstić information content (AvgIpc) is 2.60. The standard InChI is InChI=1S/C8H10O4/c9-4-8-2-1-5(12-8)3-6(8)7(10)11/h1-2,5-6,9H,3-4H2,(H,10,11). The van der Waals surface area contributed by atoms with Gasteiger partial charge in [0.05, 0.1) is 18.6 Å². The lowest BCUT2D eigenvalue weighted by atomic mass is 9.83. The van der Waals surface area contributed by atoms with E-state index in [2.05, 4.69) is 0 Å². The molecule has 2 heterocycles. The zero-order chi connectivity index (χ0) is 8.77. The minimum atomic E-state index is -0.934. The number of fused-ring (bicyclic) bond motifs is 2. The molecule has 0 spiro atoms. The van der Waals surface area contributed by atoms with Crippen molar-refractivity contribution in [1.82, 2.24) is 0 Å². The fraction of sp³-hybridized carbons (Fsp3) is 0.625. The molecule has 3 unspecified atom stereocenters. The molecule has 2 rings (SSSR count). The third-order valence-corrected chi connectivity index (χ3v) is 2.57. The van der Waals surface area contributed by atoms with Gasteiger partial charge in [0.1, 0.15) is 5.60 Å². The molecule has 0 amide bonds. The van der Waals surface area contributed by atoms with Crippen molar-refractivity contribution in [3.63, 3.8) is 0 Å². The Morgan fingerprint density at radius 3 is 2.92 bits per heavy atom. The second-order valence-electron chi connectivity index (χ2n) is 3.26. The Hall–Kier alpha value is -0.870. The molecule has 2 aliphatic rings. The predicted octanol–water partition coefficient (Wildman–Crippen LogP) is -0.223. The van der Waals surface area contributed by atoms with E-state index in [-0.39, 0.29) is 12.7 Å². The van der Waals surface area contributed by atoms with Gasteiger partial charge in [0.2, 0.25) is 0 Å². The van der Waals surface area contributed by atoms with Crippen LogP contribution in [0.15, 0.2) is 12.2 Å². The largest absolute Gasteiger partial charge is 0.481 e. The average molecular weight is 170 g/mol. The highest BCUT2D eigenvalue weighted by Crippen LogP contribution is 2.42. The lowest BCUT2D eigenvalue weighted by molar-refractivity contribution is -0.147. The maximum absolute atomic E-state index is 10.7. The first-order chi connectivity index (χ1) is 5.68. The third kappa shape index (κ3) is 0.820. The lowest BCUT2D eigenvalue weighted by Crippen LogP contribution is -2.40. The molecule has 0 radical (unpaired) electrons. The number of aliphatic hydroxyl groups excluding tert-OH is 1. The van der Waals surface area contributed by atoms with Gasteiger partial charge in [-0.25, -0.2) is 0 Å². The SMILES string of the molecule is O=C(O)C1CC2C=CC1(CO)O2. The molecule has 3 atom stereocenters.